The average molecular weight is 312 g/mol. The molecule has 0 saturated carbocycles. The Hall–Kier alpha value is -1.60. The van der Waals surface area contributed by atoms with Crippen molar-refractivity contribution in [1.82, 2.24) is 4.31 Å². The van der Waals surface area contributed by atoms with E-state index in [1.807, 2.05) is 13.8 Å². The van der Waals surface area contributed by atoms with E-state index in [9.17, 15) is 13.2 Å². The lowest BCUT2D eigenvalue weighted by Gasteiger charge is -2.31. The van der Waals surface area contributed by atoms with Gasteiger partial charge in [0.2, 0.25) is 10.0 Å². The Labute approximate surface area is 124 Å². The summed E-state index contributed by atoms with van der Waals surface area (Å²) in [7, 11) is -2.56. The first-order chi connectivity index (χ1) is 9.70. The third kappa shape index (κ3) is 2.75. The zero-order chi connectivity index (χ0) is 15.8. The molecular formula is C14H20N2O4S. The predicted octanol–water partition coefficient (Wildman–Crippen LogP) is 1.62. The van der Waals surface area contributed by atoms with Crippen LogP contribution in [0.2, 0.25) is 0 Å². The van der Waals surface area contributed by atoms with Crippen LogP contribution in [0.25, 0.3) is 0 Å². The van der Waals surface area contributed by atoms with Crippen LogP contribution in [-0.4, -0.2) is 37.9 Å². The quantitative estimate of drug-likeness (QED) is 0.676. The summed E-state index contributed by atoms with van der Waals surface area (Å²) in [5, 5.41) is 0. The lowest BCUT2D eigenvalue weighted by atomic mass is 10.0. The standard InChI is InChI=1S/C14H20N2O4S/c1-14(2)7-4-8-16(14)21(18,19)12-6-5-10(15)9-11(12)13(17)20-3/h5-6,9H,4,7-8,15H2,1-3H3. The lowest BCUT2D eigenvalue weighted by molar-refractivity contribution is 0.0596. The van der Waals surface area contributed by atoms with Gasteiger partial charge in [-0.1, -0.05) is 0 Å². The van der Waals surface area contributed by atoms with Crippen LogP contribution >= 0.6 is 0 Å². The van der Waals surface area contributed by atoms with Gasteiger partial charge in [-0.2, -0.15) is 4.31 Å². The summed E-state index contributed by atoms with van der Waals surface area (Å²) >= 11 is 0. The fourth-order valence-corrected chi connectivity index (χ4v) is 4.70. The molecule has 2 rings (SSSR count). The summed E-state index contributed by atoms with van der Waals surface area (Å²) < 4.78 is 31.9. The Morgan fingerprint density at radius 2 is 2.05 bits per heavy atom. The van der Waals surface area contributed by atoms with E-state index in [2.05, 4.69) is 4.74 Å². The molecular weight excluding hydrogens is 292 g/mol. The van der Waals surface area contributed by atoms with Crippen molar-refractivity contribution in [2.45, 2.75) is 37.1 Å². The van der Waals surface area contributed by atoms with Crippen LogP contribution in [0, 0.1) is 0 Å². The van der Waals surface area contributed by atoms with E-state index in [1.54, 1.807) is 0 Å². The summed E-state index contributed by atoms with van der Waals surface area (Å²) in [6.45, 7) is 4.21. The van der Waals surface area contributed by atoms with E-state index in [0.717, 1.165) is 12.8 Å². The van der Waals surface area contributed by atoms with Gasteiger partial charge in [-0.3, -0.25) is 0 Å². The largest absolute Gasteiger partial charge is 0.465 e. The average Bonchev–Trinajstić information content (AvgIpc) is 2.77. The number of nitrogens with zero attached hydrogens (tertiary/aromatic N) is 1. The molecule has 0 atom stereocenters. The maximum absolute atomic E-state index is 12.9. The van der Waals surface area contributed by atoms with Crippen molar-refractivity contribution in [3.05, 3.63) is 23.8 Å². The van der Waals surface area contributed by atoms with Crippen LogP contribution in [0.1, 0.15) is 37.0 Å². The number of nitrogen functional groups attached to an aromatic ring is 1. The van der Waals surface area contributed by atoms with E-state index in [0.29, 0.717) is 12.2 Å². The molecule has 6 nitrogen and oxygen atoms in total. The summed E-state index contributed by atoms with van der Waals surface area (Å²) in [4.78, 5) is 11.8. The van der Waals surface area contributed by atoms with Crippen molar-refractivity contribution in [3.63, 3.8) is 0 Å². The SMILES string of the molecule is COC(=O)c1cc(N)ccc1S(=O)(=O)N1CCCC1(C)C. The molecule has 2 N–H and O–H groups in total. The van der Waals surface area contributed by atoms with E-state index < -0.39 is 21.5 Å². The van der Waals surface area contributed by atoms with Crippen LogP contribution in [0.15, 0.2) is 23.1 Å². The normalized spacial score (nSPS) is 18.6. The fraction of sp³-hybridized carbons (Fsp3) is 0.500. The second kappa shape index (κ2) is 5.31. The summed E-state index contributed by atoms with van der Waals surface area (Å²) in [6, 6.07) is 4.18. The number of carbonyl (C=O) groups is 1. The third-order valence-electron chi connectivity index (χ3n) is 3.80. The van der Waals surface area contributed by atoms with E-state index in [-0.39, 0.29) is 10.5 Å². The van der Waals surface area contributed by atoms with Gasteiger partial charge >= 0.3 is 5.97 Å². The Bertz CT molecular complexity index is 668. The van der Waals surface area contributed by atoms with Crippen LogP contribution in [-0.2, 0) is 14.8 Å². The number of hydrogen-bond acceptors (Lipinski definition) is 5. The lowest BCUT2D eigenvalue weighted by Crippen LogP contribution is -2.43. The molecule has 0 spiro atoms. The number of benzene rings is 1. The van der Waals surface area contributed by atoms with Crippen molar-refractivity contribution in [2.75, 3.05) is 19.4 Å². The molecule has 7 heteroatoms. The number of nitrogens with two attached hydrogens (primary N) is 1. The summed E-state index contributed by atoms with van der Waals surface area (Å²) in [5.41, 5.74) is 5.48. The molecule has 1 fully saturated rings. The minimum absolute atomic E-state index is 0.0276. The van der Waals surface area contributed by atoms with Crippen LogP contribution in [0.5, 0.6) is 0 Å². The number of methoxy groups -OCH3 is 1. The minimum Gasteiger partial charge on any atom is -0.465 e. The van der Waals surface area contributed by atoms with Gasteiger partial charge in [0.1, 0.15) is 0 Å². The van der Waals surface area contributed by atoms with Crippen LogP contribution in [0.3, 0.4) is 0 Å². The van der Waals surface area contributed by atoms with E-state index >= 15 is 0 Å². The number of ether oxygens (including phenoxy) is 1. The molecule has 0 aliphatic carbocycles. The Balaban J connectivity index is 2.58. The molecule has 1 heterocycles. The van der Waals surface area contributed by atoms with Gasteiger partial charge in [0.25, 0.3) is 0 Å². The van der Waals surface area contributed by atoms with Crippen molar-refractivity contribution in [3.8, 4) is 0 Å². The topological polar surface area (TPSA) is 89.7 Å². The summed E-state index contributed by atoms with van der Waals surface area (Å²) in [5.74, 6) is -0.710. The number of rotatable bonds is 3. The highest BCUT2D eigenvalue weighted by Crippen LogP contribution is 2.35. The number of anilines is 1. The molecule has 21 heavy (non-hydrogen) atoms. The Kier molecular flexibility index (Phi) is 3.99. The van der Waals surface area contributed by atoms with Gasteiger partial charge < -0.3 is 10.5 Å². The fourth-order valence-electron chi connectivity index (χ4n) is 2.69. The van der Waals surface area contributed by atoms with Crippen LogP contribution in [0.4, 0.5) is 5.69 Å². The van der Waals surface area contributed by atoms with E-state index in [1.165, 1.54) is 29.6 Å². The molecule has 0 unspecified atom stereocenters. The molecule has 1 aliphatic heterocycles. The first-order valence-electron chi connectivity index (χ1n) is 6.71. The molecule has 116 valence electrons. The monoisotopic (exact) mass is 312 g/mol. The van der Waals surface area contributed by atoms with Crippen molar-refractivity contribution in [2.24, 2.45) is 0 Å². The van der Waals surface area contributed by atoms with Gasteiger partial charge in [0, 0.05) is 17.8 Å². The maximum Gasteiger partial charge on any atom is 0.339 e. The second-order valence-corrected chi connectivity index (χ2v) is 7.57. The van der Waals surface area contributed by atoms with Gasteiger partial charge in [0.15, 0.2) is 0 Å². The Morgan fingerprint density at radius 3 is 2.57 bits per heavy atom. The second-order valence-electron chi connectivity index (χ2n) is 5.74. The number of hydrogen-bond donors (Lipinski definition) is 1. The van der Waals surface area contributed by atoms with Crippen molar-refractivity contribution in [1.29, 1.82) is 0 Å². The van der Waals surface area contributed by atoms with Crippen molar-refractivity contribution < 1.29 is 17.9 Å². The van der Waals surface area contributed by atoms with Crippen molar-refractivity contribution >= 4 is 21.7 Å². The Morgan fingerprint density at radius 1 is 1.38 bits per heavy atom. The molecule has 0 amide bonds. The molecule has 1 saturated heterocycles. The smallest absolute Gasteiger partial charge is 0.339 e. The van der Waals surface area contributed by atoms with Gasteiger partial charge in [0.05, 0.1) is 17.6 Å². The first kappa shape index (κ1) is 15.8. The molecule has 1 aromatic carbocycles. The number of esters is 1. The van der Waals surface area contributed by atoms with Crippen LogP contribution < -0.4 is 5.73 Å². The van der Waals surface area contributed by atoms with Gasteiger partial charge in [-0.05, 0) is 44.9 Å². The molecule has 0 aromatic heterocycles. The van der Waals surface area contributed by atoms with Gasteiger partial charge in [-0.15, -0.1) is 0 Å². The highest BCUT2D eigenvalue weighted by atomic mass is 32.2. The number of carbonyl (C=O) groups excluding carboxylic acids is 1. The first-order valence-corrected chi connectivity index (χ1v) is 8.15. The minimum atomic E-state index is -3.77. The highest BCUT2D eigenvalue weighted by Gasteiger charge is 2.42. The maximum atomic E-state index is 12.9. The molecule has 0 bridgehead atoms. The zero-order valence-corrected chi connectivity index (χ0v) is 13.2. The third-order valence-corrected chi connectivity index (χ3v) is 5.97. The van der Waals surface area contributed by atoms with E-state index in [4.69, 9.17) is 5.73 Å². The van der Waals surface area contributed by atoms with Gasteiger partial charge in [-0.25, -0.2) is 13.2 Å². The highest BCUT2D eigenvalue weighted by molar-refractivity contribution is 7.89. The molecule has 1 aliphatic rings. The zero-order valence-electron chi connectivity index (χ0n) is 12.4. The molecule has 0 radical (unpaired) electrons. The summed E-state index contributed by atoms with van der Waals surface area (Å²) in [6.07, 6.45) is 1.59. The predicted molar refractivity (Wildman–Crippen MR) is 79.4 cm³/mol. The number of sulfonamides is 1. The molecule has 1 aromatic rings.